The normalized spacial score (nSPS) is 10.2. The Hall–Kier alpha value is -1.59. The zero-order chi connectivity index (χ0) is 13.7. The summed E-state index contributed by atoms with van der Waals surface area (Å²) in [7, 11) is 1.61. The van der Waals surface area contributed by atoms with Gasteiger partial charge in [0.1, 0.15) is 16.5 Å². The van der Waals surface area contributed by atoms with Crippen LogP contribution in [0.3, 0.4) is 0 Å². The van der Waals surface area contributed by atoms with Gasteiger partial charge in [0.05, 0.1) is 13.7 Å². The highest BCUT2D eigenvalue weighted by atomic mass is 32.1. The Morgan fingerprint density at radius 3 is 2.74 bits per heavy atom. The molecule has 0 saturated carbocycles. The number of methoxy groups -OCH3 is 1. The zero-order valence-corrected chi connectivity index (χ0v) is 12.2. The minimum Gasteiger partial charge on any atom is -0.497 e. The number of nitrogens with two attached hydrogens (primary N) is 1. The monoisotopic (exact) mass is 293 g/mol. The molecule has 0 atom stereocenters. The van der Waals surface area contributed by atoms with Crippen molar-refractivity contribution in [3.05, 3.63) is 46.2 Å². The van der Waals surface area contributed by atoms with Gasteiger partial charge in [0.15, 0.2) is 0 Å². The molecule has 2 rings (SSSR count). The predicted molar refractivity (Wildman–Crippen MR) is 82.4 cm³/mol. The fraction of sp³-hybridized carbons (Fsp3) is 0.214. The van der Waals surface area contributed by atoms with E-state index in [1.54, 1.807) is 24.5 Å². The first-order valence-corrected chi connectivity index (χ1v) is 7.12. The third-order valence-electron chi connectivity index (χ3n) is 2.60. The standard InChI is InChI=1S/C14H15NO2S2/c1-16-11-7-10(14(15)18)8-12(9-11)17-5-4-13-3-2-6-19-13/h2-3,6-9H,4-5H2,1H3,(H2,15,18). The first-order chi connectivity index (χ1) is 9.19. The minimum atomic E-state index is 0.335. The molecule has 0 fully saturated rings. The molecule has 0 unspecified atom stereocenters. The molecule has 2 aromatic rings. The van der Waals surface area contributed by atoms with Crippen LogP contribution in [0.2, 0.25) is 0 Å². The number of ether oxygens (including phenoxy) is 2. The lowest BCUT2D eigenvalue weighted by Crippen LogP contribution is -2.10. The van der Waals surface area contributed by atoms with Gasteiger partial charge in [0.25, 0.3) is 0 Å². The average molecular weight is 293 g/mol. The molecule has 5 heteroatoms. The van der Waals surface area contributed by atoms with Gasteiger partial charge in [-0.1, -0.05) is 18.3 Å². The van der Waals surface area contributed by atoms with Crippen LogP contribution in [0.1, 0.15) is 10.4 Å². The van der Waals surface area contributed by atoms with Crippen molar-refractivity contribution in [2.75, 3.05) is 13.7 Å². The van der Waals surface area contributed by atoms with Crippen LogP contribution in [-0.4, -0.2) is 18.7 Å². The van der Waals surface area contributed by atoms with Crippen molar-refractivity contribution in [3.63, 3.8) is 0 Å². The second kappa shape index (κ2) is 6.54. The Morgan fingerprint density at radius 2 is 2.11 bits per heavy atom. The highest BCUT2D eigenvalue weighted by molar-refractivity contribution is 7.80. The van der Waals surface area contributed by atoms with Gasteiger partial charge in [-0.3, -0.25) is 0 Å². The van der Waals surface area contributed by atoms with Crippen molar-refractivity contribution >= 4 is 28.5 Å². The maximum atomic E-state index is 5.72. The first-order valence-electron chi connectivity index (χ1n) is 5.83. The highest BCUT2D eigenvalue weighted by Crippen LogP contribution is 2.23. The number of hydrogen-bond donors (Lipinski definition) is 1. The quantitative estimate of drug-likeness (QED) is 0.832. The van der Waals surface area contributed by atoms with Crippen LogP contribution in [0, 0.1) is 0 Å². The zero-order valence-electron chi connectivity index (χ0n) is 10.6. The second-order valence-electron chi connectivity index (χ2n) is 3.94. The van der Waals surface area contributed by atoms with E-state index < -0.39 is 0 Å². The molecule has 0 spiro atoms. The van der Waals surface area contributed by atoms with Crippen LogP contribution in [0.25, 0.3) is 0 Å². The van der Waals surface area contributed by atoms with Crippen molar-refractivity contribution in [1.82, 2.24) is 0 Å². The largest absolute Gasteiger partial charge is 0.497 e. The molecule has 0 radical (unpaired) electrons. The first kappa shape index (κ1) is 13.8. The van der Waals surface area contributed by atoms with Crippen LogP contribution in [0.5, 0.6) is 11.5 Å². The van der Waals surface area contributed by atoms with Crippen LogP contribution >= 0.6 is 23.6 Å². The van der Waals surface area contributed by atoms with E-state index in [1.165, 1.54) is 4.88 Å². The van der Waals surface area contributed by atoms with E-state index in [0.717, 1.165) is 17.7 Å². The molecule has 0 aliphatic carbocycles. The molecular formula is C14H15NO2S2. The van der Waals surface area contributed by atoms with Gasteiger partial charge in [0, 0.05) is 22.9 Å². The lowest BCUT2D eigenvalue weighted by atomic mass is 10.2. The molecule has 0 aliphatic heterocycles. The Labute approximate surface area is 122 Å². The summed E-state index contributed by atoms with van der Waals surface area (Å²) < 4.78 is 10.9. The summed E-state index contributed by atoms with van der Waals surface area (Å²) in [5.74, 6) is 1.41. The fourth-order valence-corrected chi connectivity index (χ4v) is 2.45. The Bertz CT molecular complexity index is 553. The summed E-state index contributed by atoms with van der Waals surface area (Å²) in [5, 5.41) is 2.06. The number of thiocarbonyl (C=S) groups is 1. The molecule has 1 aromatic heterocycles. The average Bonchev–Trinajstić information content (AvgIpc) is 2.91. The lowest BCUT2D eigenvalue weighted by molar-refractivity contribution is 0.320. The molecular weight excluding hydrogens is 278 g/mol. The molecule has 100 valence electrons. The van der Waals surface area contributed by atoms with E-state index in [2.05, 4.69) is 11.4 Å². The van der Waals surface area contributed by atoms with Gasteiger partial charge in [-0.05, 0) is 23.6 Å². The molecule has 2 N–H and O–H groups in total. The fourth-order valence-electron chi connectivity index (χ4n) is 1.64. The molecule has 3 nitrogen and oxygen atoms in total. The van der Waals surface area contributed by atoms with Gasteiger partial charge >= 0.3 is 0 Å². The van der Waals surface area contributed by atoms with Crippen LogP contribution in [0.15, 0.2) is 35.7 Å². The summed E-state index contributed by atoms with van der Waals surface area (Å²) in [6, 6.07) is 9.60. The van der Waals surface area contributed by atoms with E-state index in [4.69, 9.17) is 27.4 Å². The van der Waals surface area contributed by atoms with Gasteiger partial charge in [-0.15, -0.1) is 11.3 Å². The number of hydrogen-bond acceptors (Lipinski definition) is 4. The van der Waals surface area contributed by atoms with Crippen molar-refractivity contribution in [1.29, 1.82) is 0 Å². The Balaban J connectivity index is 2.02. The molecule has 19 heavy (non-hydrogen) atoms. The summed E-state index contributed by atoms with van der Waals surface area (Å²) in [6.07, 6.45) is 0.886. The molecule has 0 amide bonds. The van der Waals surface area contributed by atoms with E-state index in [9.17, 15) is 0 Å². The third-order valence-corrected chi connectivity index (χ3v) is 3.77. The Kier molecular flexibility index (Phi) is 4.76. The van der Waals surface area contributed by atoms with Gasteiger partial charge < -0.3 is 15.2 Å². The maximum Gasteiger partial charge on any atom is 0.123 e. The highest BCUT2D eigenvalue weighted by Gasteiger charge is 2.05. The van der Waals surface area contributed by atoms with Crippen molar-refractivity contribution in [3.8, 4) is 11.5 Å². The number of benzene rings is 1. The molecule has 0 bridgehead atoms. The van der Waals surface area contributed by atoms with Crippen molar-refractivity contribution in [2.45, 2.75) is 6.42 Å². The summed E-state index contributed by atoms with van der Waals surface area (Å²) >= 11 is 6.70. The van der Waals surface area contributed by atoms with Crippen LogP contribution in [-0.2, 0) is 6.42 Å². The minimum absolute atomic E-state index is 0.335. The van der Waals surface area contributed by atoms with E-state index in [1.807, 2.05) is 18.2 Å². The number of rotatable bonds is 6. The second-order valence-corrected chi connectivity index (χ2v) is 5.41. The van der Waals surface area contributed by atoms with Gasteiger partial charge in [-0.25, -0.2) is 0 Å². The SMILES string of the molecule is COc1cc(OCCc2cccs2)cc(C(N)=S)c1. The van der Waals surface area contributed by atoms with E-state index in [0.29, 0.717) is 17.3 Å². The predicted octanol–water partition coefficient (Wildman–Crippen LogP) is 3.01. The van der Waals surface area contributed by atoms with E-state index >= 15 is 0 Å². The van der Waals surface area contributed by atoms with E-state index in [-0.39, 0.29) is 0 Å². The molecule has 1 aromatic carbocycles. The molecule has 0 aliphatic rings. The van der Waals surface area contributed by atoms with Crippen LogP contribution in [0.4, 0.5) is 0 Å². The smallest absolute Gasteiger partial charge is 0.123 e. The topological polar surface area (TPSA) is 44.5 Å². The van der Waals surface area contributed by atoms with Crippen molar-refractivity contribution in [2.24, 2.45) is 5.73 Å². The molecule has 0 saturated heterocycles. The van der Waals surface area contributed by atoms with Crippen LogP contribution < -0.4 is 15.2 Å². The summed E-state index contributed by atoms with van der Waals surface area (Å²) in [6.45, 7) is 0.616. The van der Waals surface area contributed by atoms with Crippen molar-refractivity contribution < 1.29 is 9.47 Å². The number of thiophene rings is 1. The maximum absolute atomic E-state index is 5.72. The Morgan fingerprint density at radius 1 is 1.32 bits per heavy atom. The van der Waals surface area contributed by atoms with Gasteiger partial charge in [-0.2, -0.15) is 0 Å². The lowest BCUT2D eigenvalue weighted by Gasteiger charge is -2.09. The van der Waals surface area contributed by atoms with Gasteiger partial charge in [0.2, 0.25) is 0 Å². The third kappa shape index (κ3) is 3.94. The molecule has 1 heterocycles. The summed E-state index contributed by atoms with van der Waals surface area (Å²) in [5.41, 5.74) is 6.38. The summed E-state index contributed by atoms with van der Waals surface area (Å²) in [4.78, 5) is 1.64.